The second-order valence-corrected chi connectivity index (χ2v) is 5.29. The first kappa shape index (κ1) is 16.1. The monoisotopic (exact) mass is 278 g/mol. The lowest BCUT2D eigenvalue weighted by Gasteiger charge is -2.19. The van der Waals surface area contributed by atoms with Gasteiger partial charge >= 0.3 is 0 Å². The quantitative estimate of drug-likeness (QED) is 0.726. The Morgan fingerprint density at radius 3 is 2.10 bits per heavy atom. The topological polar surface area (TPSA) is 75.3 Å². The van der Waals surface area contributed by atoms with E-state index in [1.54, 1.807) is 0 Å². The van der Waals surface area contributed by atoms with Crippen LogP contribution in [0.4, 0.5) is 0 Å². The summed E-state index contributed by atoms with van der Waals surface area (Å²) in [4.78, 5) is 34.7. The zero-order valence-corrected chi connectivity index (χ0v) is 12.1. The Labute approximate surface area is 119 Å². The van der Waals surface area contributed by atoms with Crippen LogP contribution in [0.15, 0.2) is 24.6 Å². The van der Waals surface area contributed by atoms with Crippen LogP contribution in [0.5, 0.6) is 0 Å². The van der Waals surface area contributed by atoms with Crippen LogP contribution < -0.4 is 10.6 Å². The van der Waals surface area contributed by atoms with Crippen LogP contribution in [0, 0.1) is 11.8 Å². The van der Waals surface area contributed by atoms with Crippen LogP contribution in [-0.4, -0.2) is 17.6 Å². The maximum atomic E-state index is 12.2. The number of hydrogen-bond donors (Lipinski definition) is 2. The molecule has 0 aromatic carbocycles. The van der Waals surface area contributed by atoms with E-state index >= 15 is 0 Å². The van der Waals surface area contributed by atoms with Gasteiger partial charge in [0.25, 0.3) is 5.91 Å². The van der Waals surface area contributed by atoms with Crippen LogP contribution in [0.1, 0.15) is 39.5 Å². The lowest BCUT2D eigenvalue weighted by atomic mass is 9.88. The fourth-order valence-corrected chi connectivity index (χ4v) is 2.49. The summed E-state index contributed by atoms with van der Waals surface area (Å²) in [5.41, 5.74) is -0.0409. The van der Waals surface area contributed by atoms with Gasteiger partial charge in [0.2, 0.25) is 5.91 Å². The Hall–Kier alpha value is -1.91. The van der Waals surface area contributed by atoms with E-state index in [1.165, 1.54) is 6.92 Å². The highest BCUT2D eigenvalue weighted by atomic mass is 16.2. The molecule has 1 fully saturated rings. The Morgan fingerprint density at radius 1 is 1.05 bits per heavy atom. The molecule has 5 nitrogen and oxygen atoms in total. The lowest BCUT2D eigenvalue weighted by molar-refractivity contribution is -0.124. The Kier molecular flexibility index (Phi) is 5.67. The van der Waals surface area contributed by atoms with Crippen molar-refractivity contribution in [3.05, 3.63) is 24.6 Å². The van der Waals surface area contributed by atoms with Gasteiger partial charge in [-0.3, -0.25) is 14.4 Å². The molecule has 2 amide bonds. The van der Waals surface area contributed by atoms with E-state index < -0.39 is 5.91 Å². The summed E-state index contributed by atoms with van der Waals surface area (Å²) in [7, 11) is 0. The molecule has 1 aliphatic carbocycles. The van der Waals surface area contributed by atoms with Crippen LogP contribution in [0.25, 0.3) is 0 Å². The van der Waals surface area contributed by atoms with Crippen molar-refractivity contribution < 1.29 is 14.4 Å². The first-order chi connectivity index (χ1) is 9.32. The van der Waals surface area contributed by atoms with E-state index in [0.29, 0.717) is 5.92 Å². The van der Waals surface area contributed by atoms with Crippen molar-refractivity contribution in [2.75, 3.05) is 0 Å². The molecule has 0 aromatic heterocycles. The van der Waals surface area contributed by atoms with Crippen LogP contribution >= 0.6 is 0 Å². The van der Waals surface area contributed by atoms with E-state index in [1.807, 2.05) is 6.92 Å². The van der Waals surface area contributed by atoms with Gasteiger partial charge in [-0.25, -0.2) is 0 Å². The van der Waals surface area contributed by atoms with Crippen molar-refractivity contribution in [3.8, 4) is 0 Å². The van der Waals surface area contributed by atoms with Gasteiger partial charge in [0.1, 0.15) is 0 Å². The van der Waals surface area contributed by atoms with E-state index in [4.69, 9.17) is 0 Å². The summed E-state index contributed by atoms with van der Waals surface area (Å²) >= 11 is 0. The smallest absolute Gasteiger partial charge is 0.271 e. The van der Waals surface area contributed by atoms with Gasteiger partial charge in [-0.05, 0) is 18.8 Å². The summed E-state index contributed by atoms with van der Waals surface area (Å²) in [6.45, 7) is 10.2. The molecule has 1 aliphatic rings. The standard InChI is InChI=1S/C15H22N2O3/c1-9(13-7-5-6-8-13)14(19)10(2)17-15(20)11(3)16-12(4)18/h9,13H,2-3,5-8H2,1,4H3,(H,16,18)(H,17,20). The molecule has 1 rings (SSSR count). The highest BCUT2D eigenvalue weighted by molar-refractivity contribution is 6.04. The van der Waals surface area contributed by atoms with Gasteiger partial charge in [-0.1, -0.05) is 32.9 Å². The van der Waals surface area contributed by atoms with E-state index in [9.17, 15) is 14.4 Å². The number of Topliss-reactive ketones (excluding diaryl/α,β-unsaturated/α-hetero) is 1. The van der Waals surface area contributed by atoms with Gasteiger partial charge in [0.15, 0.2) is 5.78 Å². The summed E-state index contributed by atoms with van der Waals surface area (Å²) in [6, 6.07) is 0. The SMILES string of the molecule is C=C(NC(C)=O)C(=O)NC(=C)C(=O)C(C)C1CCCC1. The van der Waals surface area contributed by atoms with Crippen molar-refractivity contribution in [3.63, 3.8) is 0 Å². The molecule has 20 heavy (non-hydrogen) atoms. The molecular formula is C15H22N2O3. The van der Waals surface area contributed by atoms with Crippen molar-refractivity contribution in [1.82, 2.24) is 10.6 Å². The van der Waals surface area contributed by atoms with Crippen LogP contribution in [0.3, 0.4) is 0 Å². The summed E-state index contributed by atoms with van der Waals surface area (Å²) < 4.78 is 0. The first-order valence-electron chi connectivity index (χ1n) is 6.84. The number of carbonyl (C=O) groups excluding carboxylic acids is 3. The third-order valence-corrected chi connectivity index (χ3v) is 3.68. The number of rotatable bonds is 6. The summed E-state index contributed by atoms with van der Waals surface area (Å²) in [5, 5.41) is 4.67. The van der Waals surface area contributed by atoms with E-state index in [0.717, 1.165) is 25.7 Å². The van der Waals surface area contributed by atoms with Crippen molar-refractivity contribution >= 4 is 17.6 Å². The third-order valence-electron chi connectivity index (χ3n) is 3.68. The second-order valence-electron chi connectivity index (χ2n) is 5.29. The molecule has 2 N–H and O–H groups in total. The minimum atomic E-state index is -0.614. The number of allylic oxidation sites excluding steroid dienone is 1. The van der Waals surface area contributed by atoms with Crippen molar-refractivity contribution in [2.24, 2.45) is 11.8 Å². The number of hydrogen-bond acceptors (Lipinski definition) is 3. The highest BCUT2D eigenvalue weighted by Crippen LogP contribution is 2.32. The fraction of sp³-hybridized carbons (Fsp3) is 0.533. The average molecular weight is 278 g/mol. The molecule has 1 atom stereocenters. The molecule has 110 valence electrons. The maximum absolute atomic E-state index is 12.2. The normalized spacial score (nSPS) is 16.3. The van der Waals surface area contributed by atoms with E-state index in [-0.39, 0.29) is 29.0 Å². The van der Waals surface area contributed by atoms with Gasteiger partial charge < -0.3 is 10.6 Å². The molecule has 0 aromatic rings. The molecule has 5 heteroatoms. The maximum Gasteiger partial charge on any atom is 0.271 e. The number of carbonyl (C=O) groups is 3. The predicted octanol–water partition coefficient (Wildman–Crippen LogP) is 1.66. The number of nitrogens with one attached hydrogen (secondary N) is 2. The minimum Gasteiger partial charge on any atom is -0.322 e. The van der Waals surface area contributed by atoms with Gasteiger partial charge in [0, 0.05) is 12.8 Å². The number of ketones is 1. The van der Waals surface area contributed by atoms with E-state index in [2.05, 4.69) is 23.8 Å². The summed E-state index contributed by atoms with van der Waals surface area (Å²) in [6.07, 6.45) is 4.40. The molecule has 0 bridgehead atoms. The molecule has 0 spiro atoms. The highest BCUT2D eigenvalue weighted by Gasteiger charge is 2.28. The van der Waals surface area contributed by atoms with Gasteiger partial charge in [-0.15, -0.1) is 0 Å². The molecule has 0 saturated heterocycles. The van der Waals surface area contributed by atoms with Crippen LogP contribution in [-0.2, 0) is 14.4 Å². The Balaban J connectivity index is 2.52. The summed E-state index contributed by atoms with van der Waals surface area (Å²) in [5.74, 6) is -0.923. The molecular weight excluding hydrogens is 256 g/mol. The number of amides is 2. The predicted molar refractivity (Wildman–Crippen MR) is 76.4 cm³/mol. The molecule has 0 radical (unpaired) electrons. The lowest BCUT2D eigenvalue weighted by Crippen LogP contribution is -2.36. The molecule has 0 aliphatic heterocycles. The van der Waals surface area contributed by atoms with Crippen molar-refractivity contribution in [2.45, 2.75) is 39.5 Å². The molecule has 1 unspecified atom stereocenters. The Morgan fingerprint density at radius 2 is 1.60 bits per heavy atom. The fourth-order valence-electron chi connectivity index (χ4n) is 2.49. The largest absolute Gasteiger partial charge is 0.322 e. The second kappa shape index (κ2) is 7.03. The van der Waals surface area contributed by atoms with Gasteiger partial charge in [0.05, 0.1) is 11.4 Å². The minimum absolute atomic E-state index is 0.0564. The Bertz CT molecular complexity index is 448. The first-order valence-corrected chi connectivity index (χ1v) is 6.84. The zero-order valence-electron chi connectivity index (χ0n) is 12.1. The molecule has 0 heterocycles. The molecule has 1 saturated carbocycles. The van der Waals surface area contributed by atoms with Crippen molar-refractivity contribution in [1.29, 1.82) is 0 Å². The van der Waals surface area contributed by atoms with Crippen LogP contribution in [0.2, 0.25) is 0 Å². The van der Waals surface area contributed by atoms with Gasteiger partial charge in [-0.2, -0.15) is 0 Å². The zero-order chi connectivity index (χ0) is 15.3. The third kappa shape index (κ3) is 4.33. The average Bonchev–Trinajstić information content (AvgIpc) is 2.89.